The maximum atomic E-state index is 13.7. The number of aromatic nitrogens is 3. The molecule has 0 bridgehead atoms. The van der Waals surface area contributed by atoms with E-state index in [0.717, 1.165) is 24.1 Å². The second-order valence-corrected chi connectivity index (χ2v) is 5.92. The average Bonchev–Trinajstić information content (AvgIpc) is 3.39. The molecule has 0 unspecified atom stereocenters. The van der Waals surface area contributed by atoms with E-state index in [2.05, 4.69) is 21.9 Å². The van der Waals surface area contributed by atoms with Gasteiger partial charge in [-0.3, -0.25) is 0 Å². The summed E-state index contributed by atoms with van der Waals surface area (Å²) >= 11 is 0. The predicted octanol–water partition coefficient (Wildman–Crippen LogP) is 3.56. The molecule has 0 N–H and O–H groups in total. The Kier molecular flexibility index (Phi) is 3.76. The van der Waals surface area contributed by atoms with E-state index in [1.807, 2.05) is 24.3 Å². The monoisotopic (exact) mass is 328 g/mol. The number of pyridine rings is 1. The van der Waals surface area contributed by atoms with E-state index in [-0.39, 0.29) is 5.56 Å². The maximum absolute atomic E-state index is 13.7. The highest BCUT2D eigenvalue weighted by atomic mass is 19.1. The van der Waals surface area contributed by atoms with E-state index < -0.39 is 5.82 Å². The van der Waals surface area contributed by atoms with Gasteiger partial charge in [0, 0.05) is 18.3 Å². The van der Waals surface area contributed by atoms with E-state index >= 15 is 0 Å². The maximum Gasteiger partial charge on any atom is 0.126 e. The fraction of sp³-hybridized carbons (Fsp3) is 0.150. The van der Waals surface area contributed by atoms with Gasteiger partial charge in [-0.15, -0.1) is 0 Å². The van der Waals surface area contributed by atoms with Gasteiger partial charge in [0.15, 0.2) is 0 Å². The van der Waals surface area contributed by atoms with Crippen LogP contribution in [0.25, 0.3) is 5.69 Å². The van der Waals surface area contributed by atoms with Gasteiger partial charge in [-0.05, 0) is 49.1 Å². The van der Waals surface area contributed by atoms with Crippen molar-refractivity contribution in [2.75, 3.05) is 0 Å². The molecule has 2 aromatic heterocycles. The first-order valence-electron chi connectivity index (χ1n) is 7.96. The van der Waals surface area contributed by atoms with Crippen molar-refractivity contribution in [1.82, 2.24) is 14.8 Å². The van der Waals surface area contributed by atoms with Crippen LogP contribution in [0.4, 0.5) is 4.39 Å². The Labute approximate surface area is 144 Å². The van der Waals surface area contributed by atoms with Gasteiger partial charge >= 0.3 is 0 Å². The minimum Gasteiger partial charge on any atom is -0.248 e. The van der Waals surface area contributed by atoms with E-state index in [0.29, 0.717) is 17.3 Å². The Morgan fingerprint density at radius 2 is 2.04 bits per heavy atom. The first-order chi connectivity index (χ1) is 12.2. The second kappa shape index (κ2) is 6.22. The summed E-state index contributed by atoms with van der Waals surface area (Å²) in [6, 6.07) is 11.7. The molecule has 0 saturated heterocycles. The molecule has 0 spiro atoms. The van der Waals surface area contributed by atoms with Crippen LogP contribution in [-0.4, -0.2) is 14.8 Å². The summed E-state index contributed by atoms with van der Waals surface area (Å²) < 4.78 is 15.3. The average molecular weight is 328 g/mol. The topological polar surface area (TPSA) is 54.5 Å². The fourth-order valence-corrected chi connectivity index (χ4v) is 2.61. The number of hydrogen-bond donors (Lipinski definition) is 0. The van der Waals surface area contributed by atoms with Crippen LogP contribution in [0.3, 0.4) is 0 Å². The Bertz CT molecular complexity index is 1030. The molecule has 0 atom stereocenters. The lowest BCUT2D eigenvalue weighted by atomic mass is 10.2. The van der Waals surface area contributed by atoms with E-state index in [1.165, 1.54) is 12.1 Å². The van der Waals surface area contributed by atoms with Crippen LogP contribution in [0.1, 0.15) is 41.3 Å². The molecule has 1 saturated carbocycles. The van der Waals surface area contributed by atoms with Crippen molar-refractivity contribution < 1.29 is 4.39 Å². The van der Waals surface area contributed by atoms with E-state index in [9.17, 15) is 4.39 Å². The van der Waals surface area contributed by atoms with Gasteiger partial charge in [0.05, 0.1) is 28.6 Å². The molecule has 1 fully saturated rings. The largest absolute Gasteiger partial charge is 0.248 e. The van der Waals surface area contributed by atoms with Gasteiger partial charge in [-0.2, -0.15) is 10.4 Å². The molecule has 0 amide bonds. The molecule has 3 aromatic rings. The molecule has 4 rings (SSSR count). The summed E-state index contributed by atoms with van der Waals surface area (Å²) in [5.74, 6) is 6.11. The Morgan fingerprint density at radius 3 is 2.76 bits per heavy atom. The lowest BCUT2D eigenvalue weighted by Gasteiger charge is -2.02. The van der Waals surface area contributed by atoms with Gasteiger partial charge in [-0.25, -0.2) is 14.1 Å². The standard InChI is InChI=1S/C20H13FN4/c21-17-9-14(12-22)10-19(11-17)25-13-16(20(24-25)15-4-5-15)6-7-18-3-1-2-8-23-18/h1-3,8-11,13,15H,4-5H2. The zero-order chi connectivity index (χ0) is 17.2. The third-order valence-electron chi connectivity index (χ3n) is 3.97. The summed E-state index contributed by atoms with van der Waals surface area (Å²) in [6.45, 7) is 0. The van der Waals surface area contributed by atoms with Crippen LogP contribution in [0, 0.1) is 29.0 Å². The van der Waals surface area contributed by atoms with Gasteiger partial charge < -0.3 is 0 Å². The summed E-state index contributed by atoms with van der Waals surface area (Å²) in [6.07, 6.45) is 5.66. The van der Waals surface area contributed by atoms with Crippen LogP contribution in [0.15, 0.2) is 48.8 Å². The highest BCUT2D eigenvalue weighted by Gasteiger charge is 2.29. The summed E-state index contributed by atoms with van der Waals surface area (Å²) in [5, 5.41) is 13.6. The van der Waals surface area contributed by atoms with Crippen molar-refractivity contribution in [2.24, 2.45) is 0 Å². The lowest BCUT2D eigenvalue weighted by Crippen LogP contribution is -1.97. The normalized spacial score (nSPS) is 13.0. The molecule has 4 nitrogen and oxygen atoms in total. The molecule has 5 heteroatoms. The number of nitrogens with zero attached hydrogens (tertiary/aromatic N) is 4. The molecule has 120 valence electrons. The highest BCUT2D eigenvalue weighted by molar-refractivity contribution is 5.47. The summed E-state index contributed by atoms with van der Waals surface area (Å²) in [7, 11) is 0. The minimum absolute atomic E-state index is 0.264. The quantitative estimate of drug-likeness (QED) is 0.676. The Morgan fingerprint density at radius 1 is 1.16 bits per heavy atom. The van der Waals surface area contributed by atoms with E-state index in [1.54, 1.807) is 23.1 Å². The SMILES string of the molecule is N#Cc1cc(F)cc(-n2cc(C#Cc3ccccn3)c(C3CC3)n2)c1. The molecular weight excluding hydrogens is 315 g/mol. The smallest absolute Gasteiger partial charge is 0.126 e. The van der Waals surface area contributed by atoms with Crippen molar-refractivity contribution in [3.8, 4) is 23.6 Å². The summed E-state index contributed by atoms with van der Waals surface area (Å²) in [4.78, 5) is 4.20. The molecule has 1 aromatic carbocycles. The van der Waals surface area contributed by atoms with Crippen LogP contribution in [-0.2, 0) is 0 Å². The first kappa shape index (κ1) is 15.1. The summed E-state index contributed by atoms with van der Waals surface area (Å²) in [5.41, 5.74) is 3.21. The van der Waals surface area contributed by atoms with Gasteiger partial charge in [0.1, 0.15) is 11.5 Å². The molecule has 2 heterocycles. The third-order valence-corrected chi connectivity index (χ3v) is 3.97. The fourth-order valence-electron chi connectivity index (χ4n) is 2.61. The number of hydrogen-bond acceptors (Lipinski definition) is 3. The van der Waals surface area contributed by atoms with Crippen LogP contribution < -0.4 is 0 Å². The van der Waals surface area contributed by atoms with Crippen molar-refractivity contribution in [2.45, 2.75) is 18.8 Å². The Hall–Kier alpha value is -3.44. The van der Waals surface area contributed by atoms with Gasteiger partial charge in [0.25, 0.3) is 0 Å². The predicted molar refractivity (Wildman–Crippen MR) is 90.4 cm³/mol. The van der Waals surface area contributed by atoms with Crippen molar-refractivity contribution >= 4 is 0 Å². The molecule has 0 aliphatic heterocycles. The first-order valence-corrected chi connectivity index (χ1v) is 7.96. The zero-order valence-corrected chi connectivity index (χ0v) is 13.3. The van der Waals surface area contributed by atoms with E-state index in [4.69, 9.17) is 5.26 Å². The zero-order valence-electron chi connectivity index (χ0n) is 13.3. The van der Waals surface area contributed by atoms with Crippen molar-refractivity contribution in [3.05, 3.63) is 77.1 Å². The van der Waals surface area contributed by atoms with Crippen LogP contribution >= 0.6 is 0 Å². The van der Waals surface area contributed by atoms with Crippen LogP contribution in [0.2, 0.25) is 0 Å². The molecule has 0 radical (unpaired) electrons. The third kappa shape index (κ3) is 3.27. The Balaban J connectivity index is 1.76. The number of halogens is 1. The molecule has 1 aliphatic carbocycles. The highest BCUT2D eigenvalue weighted by Crippen LogP contribution is 2.40. The van der Waals surface area contributed by atoms with Gasteiger partial charge in [0.2, 0.25) is 0 Å². The molecular formula is C20H13FN4. The second-order valence-electron chi connectivity index (χ2n) is 5.92. The number of rotatable bonds is 2. The van der Waals surface area contributed by atoms with Crippen molar-refractivity contribution in [3.63, 3.8) is 0 Å². The van der Waals surface area contributed by atoms with Crippen LogP contribution in [0.5, 0.6) is 0 Å². The minimum atomic E-state index is -0.460. The number of benzene rings is 1. The van der Waals surface area contributed by atoms with Gasteiger partial charge in [-0.1, -0.05) is 12.0 Å². The van der Waals surface area contributed by atoms with Crippen molar-refractivity contribution in [1.29, 1.82) is 5.26 Å². The number of nitriles is 1. The molecule has 25 heavy (non-hydrogen) atoms. The molecule has 1 aliphatic rings. The lowest BCUT2D eigenvalue weighted by molar-refractivity contribution is 0.624.